The van der Waals surface area contributed by atoms with Gasteiger partial charge in [-0.15, -0.1) is 0 Å². The van der Waals surface area contributed by atoms with Crippen molar-refractivity contribution >= 4 is 22.9 Å². The molecule has 0 aromatic carbocycles. The number of ether oxygens (including phenoxy) is 2. The Bertz CT molecular complexity index is 946. The molecule has 4 rings (SSSR count). The molecule has 1 aliphatic heterocycles. The van der Waals surface area contributed by atoms with E-state index in [4.69, 9.17) is 20.9 Å². The van der Waals surface area contributed by atoms with Crippen LogP contribution in [-0.2, 0) is 16.0 Å². The van der Waals surface area contributed by atoms with Crippen molar-refractivity contribution < 1.29 is 19.7 Å². The molecular weight excluding hydrogens is 380 g/mol. The Morgan fingerprint density at radius 3 is 2.83 bits per heavy atom. The SMILES string of the molecule is Nc1nc(N)c2ncn([C@@H]3O[C@H](CO)C(O)C3OCCCCn3ccnc3)c2n1. The Morgan fingerprint density at radius 2 is 2.07 bits per heavy atom. The summed E-state index contributed by atoms with van der Waals surface area (Å²) in [4.78, 5) is 16.3. The first kappa shape index (κ1) is 19.5. The van der Waals surface area contributed by atoms with Gasteiger partial charge in [0.25, 0.3) is 0 Å². The third-order valence-electron chi connectivity index (χ3n) is 4.91. The lowest BCUT2D eigenvalue weighted by atomic mass is 10.1. The summed E-state index contributed by atoms with van der Waals surface area (Å²) in [5, 5.41) is 20.1. The van der Waals surface area contributed by atoms with Gasteiger partial charge in [0.15, 0.2) is 17.7 Å². The van der Waals surface area contributed by atoms with Crippen LogP contribution in [0.25, 0.3) is 11.2 Å². The number of hydrogen-bond donors (Lipinski definition) is 4. The Morgan fingerprint density at radius 1 is 1.21 bits per heavy atom. The third kappa shape index (κ3) is 3.87. The van der Waals surface area contributed by atoms with Crippen molar-refractivity contribution in [2.75, 3.05) is 24.7 Å². The normalized spacial score (nSPS) is 24.5. The number of aromatic nitrogens is 6. The lowest BCUT2D eigenvalue weighted by Crippen LogP contribution is -2.35. The van der Waals surface area contributed by atoms with Gasteiger partial charge in [-0.1, -0.05) is 0 Å². The first-order valence-electron chi connectivity index (χ1n) is 9.35. The van der Waals surface area contributed by atoms with Crippen molar-refractivity contribution in [2.24, 2.45) is 0 Å². The van der Waals surface area contributed by atoms with Crippen LogP contribution in [0.4, 0.5) is 11.8 Å². The molecule has 1 fully saturated rings. The van der Waals surface area contributed by atoms with E-state index in [-0.39, 0.29) is 18.4 Å². The van der Waals surface area contributed by atoms with E-state index in [1.165, 1.54) is 6.33 Å². The van der Waals surface area contributed by atoms with E-state index in [1.54, 1.807) is 17.1 Å². The Hall–Kier alpha value is -2.80. The zero-order valence-corrected chi connectivity index (χ0v) is 15.7. The summed E-state index contributed by atoms with van der Waals surface area (Å²) in [5.74, 6) is 0.159. The number of fused-ring (bicyclic) bond motifs is 1. The van der Waals surface area contributed by atoms with Crippen LogP contribution in [0.5, 0.6) is 0 Å². The molecule has 0 radical (unpaired) electrons. The van der Waals surface area contributed by atoms with Gasteiger partial charge in [-0.2, -0.15) is 9.97 Å². The van der Waals surface area contributed by atoms with Crippen LogP contribution in [0, 0.1) is 0 Å². The molecule has 0 saturated carbocycles. The number of rotatable bonds is 8. The highest BCUT2D eigenvalue weighted by Gasteiger charge is 2.45. The second-order valence-corrected chi connectivity index (χ2v) is 6.87. The summed E-state index contributed by atoms with van der Waals surface area (Å²) in [6.07, 6.45) is 5.32. The van der Waals surface area contributed by atoms with Gasteiger partial charge in [0, 0.05) is 25.5 Å². The van der Waals surface area contributed by atoms with Gasteiger partial charge in [0.1, 0.15) is 23.8 Å². The number of aryl methyl sites for hydroxylation is 1. The monoisotopic (exact) mass is 404 g/mol. The molecule has 1 aliphatic rings. The van der Waals surface area contributed by atoms with Crippen molar-refractivity contribution in [3.63, 3.8) is 0 Å². The fourth-order valence-corrected chi connectivity index (χ4v) is 3.45. The quantitative estimate of drug-likeness (QED) is 0.352. The van der Waals surface area contributed by atoms with Gasteiger partial charge in [0.2, 0.25) is 5.95 Å². The van der Waals surface area contributed by atoms with Crippen LogP contribution in [0.3, 0.4) is 0 Å². The average Bonchev–Trinajstić information content (AvgIpc) is 3.41. The van der Waals surface area contributed by atoms with E-state index in [9.17, 15) is 10.2 Å². The molecule has 156 valence electrons. The molecule has 6 N–H and O–H groups in total. The number of aliphatic hydroxyl groups excluding tert-OH is 2. The molecular formula is C17H24N8O4. The maximum absolute atomic E-state index is 10.6. The lowest BCUT2D eigenvalue weighted by Gasteiger charge is -2.22. The predicted octanol–water partition coefficient (Wildman–Crippen LogP) is -0.697. The Kier molecular flexibility index (Phi) is 5.58. The number of nitrogens with two attached hydrogens (primary N) is 2. The standard InChI is InChI=1S/C17H24N8O4/c18-14-11-15(23-17(19)22-14)25(9-21-11)16-13(12(27)10(7-26)29-16)28-6-2-1-4-24-5-3-20-8-24/h3,5,8-10,12-13,16,26-27H,1-2,4,6-7H2,(H4,18,19,22,23)/t10-,12?,13?,16-/m1/s1. The fraction of sp³-hybridized carbons (Fsp3) is 0.529. The number of nitrogens with zero attached hydrogens (tertiary/aromatic N) is 6. The van der Waals surface area contributed by atoms with Gasteiger partial charge in [-0.05, 0) is 12.8 Å². The number of imidazole rings is 2. The first-order chi connectivity index (χ1) is 14.1. The largest absolute Gasteiger partial charge is 0.394 e. The van der Waals surface area contributed by atoms with Gasteiger partial charge >= 0.3 is 0 Å². The van der Waals surface area contributed by atoms with Crippen LogP contribution in [0.1, 0.15) is 19.1 Å². The first-order valence-corrected chi connectivity index (χ1v) is 9.35. The fourth-order valence-electron chi connectivity index (χ4n) is 3.45. The molecule has 0 aliphatic carbocycles. The van der Waals surface area contributed by atoms with E-state index in [0.29, 0.717) is 17.8 Å². The molecule has 12 nitrogen and oxygen atoms in total. The molecule has 1 saturated heterocycles. The Labute approximate surface area is 166 Å². The number of unbranched alkanes of at least 4 members (excludes halogenated alkanes) is 1. The number of aliphatic hydroxyl groups is 2. The number of hydrogen-bond acceptors (Lipinski definition) is 10. The number of nitrogen functional groups attached to an aromatic ring is 2. The smallest absolute Gasteiger partial charge is 0.224 e. The molecule has 2 unspecified atom stereocenters. The molecule has 3 aromatic heterocycles. The minimum Gasteiger partial charge on any atom is -0.394 e. The van der Waals surface area contributed by atoms with Crippen molar-refractivity contribution in [3.8, 4) is 0 Å². The zero-order chi connectivity index (χ0) is 20.4. The van der Waals surface area contributed by atoms with Gasteiger partial charge in [0.05, 0.1) is 19.3 Å². The second kappa shape index (κ2) is 8.29. The van der Waals surface area contributed by atoms with Crippen molar-refractivity contribution in [2.45, 2.75) is 43.9 Å². The van der Waals surface area contributed by atoms with Crippen molar-refractivity contribution in [1.82, 2.24) is 29.1 Å². The highest BCUT2D eigenvalue weighted by molar-refractivity contribution is 5.82. The van der Waals surface area contributed by atoms with E-state index in [2.05, 4.69) is 19.9 Å². The van der Waals surface area contributed by atoms with E-state index in [0.717, 1.165) is 19.4 Å². The van der Waals surface area contributed by atoms with Crippen LogP contribution in [0.15, 0.2) is 25.0 Å². The van der Waals surface area contributed by atoms with Crippen LogP contribution < -0.4 is 11.5 Å². The second-order valence-electron chi connectivity index (χ2n) is 6.87. The molecule has 4 atom stereocenters. The summed E-state index contributed by atoms with van der Waals surface area (Å²) < 4.78 is 15.4. The summed E-state index contributed by atoms with van der Waals surface area (Å²) >= 11 is 0. The van der Waals surface area contributed by atoms with Crippen molar-refractivity contribution in [1.29, 1.82) is 0 Å². The maximum atomic E-state index is 10.6. The lowest BCUT2D eigenvalue weighted by molar-refractivity contribution is -0.0711. The molecule has 12 heteroatoms. The van der Waals surface area contributed by atoms with Gasteiger partial charge in [-0.3, -0.25) is 4.57 Å². The van der Waals surface area contributed by atoms with Gasteiger partial charge in [-0.25, -0.2) is 9.97 Å². The predicted molar refractivity (Wildman–Crippen MR) is 102 cm³/mol. The highest BCUT2D eigenvalue weighted by Crippen LogP contribution is 2.34. The van der Waals surface area contributed by atoms with E-state index < -0.39 is 24.5 Å². The van der Waals surface area contributed by atoms with Gasteiger partial charge < -0.3 is 35.7 Å². The minimum atomic E-state index is -1.01. The molecule has 0 amide bonds. The van der Waals surface area contributed by atoms with Crippen molar-refractivity contribution in [3.05, 3.63) is 25.0 Å². The molecule has 29 heavy (non-hydrogen) atoms. The zero-order valence-electron chi connectivity index (χ0n) is 15.7. The van der Waals surface area contributed by atoms with Crippen LogP contribution in [-0.4, -0.2) is 70.8 Å². The molecule has 0 bridgehead atoms. The molecule has 4 heterocycles. The number of anilines is 2. The highest BCUT2D eigenvalue weighted by atomic mass is 16.6. The summed E-state index contributed by atoms with van der Waals surface area (Å²) in [6.45, 7) is 0.905. The molecule has 0 spiro atoms. The maximum Gasteiger partial charge on any atom is 0.224 e. The molecule has 3 aromatic rings. The van der Waals surface area contributed by atoms with Crippen LogP contribution in [0.2, 0.25) is 0 Å². The summed E-state index contributed by atoms with van der Waals surface area (Å²) in [7, 11) is 0. The third-order valence-corrected chi connectivity index (χ3v) is 4.91. The minimum absolute atomic E-state index is 0.00553. The van der Waals surface area contributed by atoms with E-state index >= 15 is 0 Å². The summed E-state index contributed by atoms with van der Waals surface area (Å²) in [6, 6.07) is 0. The summed E-state index contributed by atoms with van der Waals surface area (Å²) in [5.41, 5.74) is 12.3. The topological polar surface area (TPSA) is 172 Å². The van der Waals surface area contributed by atoms with Crippen LogP contribution >= 0.6 is 0 Å². The average molecular weight is 404 g/mol. The Balaban J connectivity index is 1.47. The van der Waals surface area contributed by atoms with E-state index in [1.807, 2.05) is 10.8 Å².